The summed E-state index contributed by atoms with van der Waals surface area (Å²) in [6, 6.07) is 13.4. The number of hydrogen-bond donors (Lipinski definition) is 1. The van der Waals surface area contributed by atoms with Crippen molar-refractivity contribution < 1.29 is 23.1 Å². The molecule has 2 aromatic carbocycles. The third-order valence-electron chi connectivity index (χ3n) is 4.75. The average molecular weight is 389 g/mol. The predicted molar refractivity (Wildman–Crippen MR) is 102 cm³/mol. The Morgan fingerprint density at radius 3 is 2.52 bits per heavy atom. The molecule has 0 aliphatic carbocycles. The maximum absolute atomic E-state index is 13.1. The minimum Gasteiger partial charge on any atom is -0.466 e. The summed E-state index contributed by atoms with van der Waals surface area (Å²) in [6.45, 7) is 3.89. The van der Waals surface area contributed by atoms with Crippen LogP contribution in [-0.4, -0.2) is 32.6 Å². The fourth-order valence-corrected chi connectivity index (χ4v) is 4.83. The maximum Gasteiger partial charge on any atom is 0.309 e. The molecular formula is C20H23NO5S. The first kappa shape index (κ1) is 19.4. The summed E-state index contributed by atoms with van der Waals surface area (Å²) in [5.74, 6) is -0.510. The van der Waals surface area contributed by atoms with Gasteiger partial charge in [0.1, 0.15) is 5.60 Å². The number of anilines is 1. The van der Waals surface area contributed by atoms with Crippen LogP contribution in [0.3, 0.4) is 0 Å². The number of esters is 1. The summed E-state index contributed by atoms with van der Waals surface area (Å²) in [5, 5.41) is 11.1. The Labute approximate surface area is 159 Å². The van der Waals surface area contributed by atoms with Crippen LogP contribution in [0.1, 0.15) is 30.9 Å². The first-order chi connectivity index (χ1) is 12.8. The molecule has 1 atom stereocenters. The predicted octanol–water partition coefficient (Wildman–Crippen LogP) is 2.73. The molecule has 6 nitrogen and oxygen atoms in total. The molecule has 27 heavy (non-hydrogen) atoms. The van der Waals surface area contributed by atoms with E-state index in [-0.39, 0.29) is 30.9 Å². The molecule has 1 aliphatic rings. The zero-order valence-electron chi connectivity index (χ0n) is 15.4. The van der Waals surface area contributed by atoms with Crippen molar-refractivity contribution in [1.82, 2.24) is 0 Å². The first-order valence-electron chi connectivity index (χ1n) is 8.85. The van der Waals surface area contributed by atoms with Crippen LogP contribution in [0.2, 0.25) is 0 Å². The molecule has 0 saturated carbocycles. The van der Waals surface area contributed by atoms with Crippen LogP contribution < -0.4 is 4.31 Å². The Kier molecular flexibility index (Phi) is 5.26. The molecule has 0 spiro atoms. The summed E-state index contributed by atoms with van der Waals surface area (Å²) in [7, 11) is -3.78. The smallest absolute Gasteiger partial charge is 0.309 e. The van der Waals surface area contributed by atoms with Crippen molar-refractivity contribution in [2.24, 2.45) is 0 Å². The standard InChI is InChI=1S/C20H23NO5S/c1-3-26-19(22)14-20(23)12-13-21(18-7-5-4-6-17(18)20)27(24,25)16-10-8-15(2)9-11-16/h4-11,23H,3,12-14H2,1-2H3/t20-/m1/s1. The van der Waals surface area contributed by atoms with Gasteiger partial charge in [-0.2, -0.15) is 0 Å². The van der Waals surface area contributed by atoms with E-state index in [0.717, 1.165) is 5.56 Å². The minimum atomic E-state index is -3.78. The Bertz CT molecular complexity index is 939. The van der Waals surface area contributed by atoms with Gasteiger partial charge in [0.25, 0.3) is 10.0 Å². The van der Waals surface area contributed by atoms with E-state index in [9.17, 15) is 18.3 Å². The summed E-state index contributed by atoms with van der Waals surface area (Å²) in [6.07, 6.45) is -0.107. The third kappa shape index (κ3) is 3.70. The molecule has 1 heterocycles. The van der Waals surface area contributed by atoms with Gasteiger partial charge in [-0.25, -0.2) is 8.42 Å². The number of carbonyl (C=O) groups excluding carboxylic acids is 1. The molecule has 7 heteroatoms. The third-order valence-corrected chi connectivity index (χ3v) is 6.58. The van der Waals surface area contributed by atoms with E-state index < -0.39 is 21.6 Å². The molecule has 0 saturated heterocycles. The van der Waals surface area contributed by atoms with Crippen molar-refractivity contribution in [2.45, 2.75) is 37.2 Å². The Hall–Kier alpha value is -2.38. The molecule has 3 rings (SSSR count). The molecule has 144 valence electrons. The highest BCUT2D eigenvalue weighted by atomic mass is 32.2. The Morgan fingerprint density at radius 1 is 1.19 bits per heavy atom. The van der Waals surface area contributed by atoms with Crippen molar-refractivity contribution in [3.05, 3.63) is 59.7 Å². The second-order valence-electron chi connectivity index (χ2n) is 6.67. The van der Waals surface area contributed by atoms with Gasteiger partial charge in [0, 0.05) is 12.1 Å². The van der Waals surface area contributed by atoms with E-state index in [4.69, 9.17) is 4.74 Å². The summed E-state index contributed by atoms with van der Waals surface area (Å²) in [5.41, 5.74) is 0.315. The number of ether oxygens (including phenoxy) is 1. The van der Waals surface area contributed by atoms with Gasteiger partial charge < -0.3 is 9.84 Å². The molecule has 1 aliphatic heterocycles. The Morgan fingerprint density at radius 2 is 1.85 bits per heavy atom. The number of aliphatic hydroxyl groups is 1. The molecule has 0 radical (unpaired) electrons. The average Bonchev–Trinajstić information content (AvgIpc) is 2.62. The number of hydrogen-bond acceptors (Lipinski definition) is 5. The second kappa shape index (κ2) is 7.32. The number of para-hydroxylation sites is 1. The number of aryl methyl sites for hydroxylation is 1. The number of fused-ring (bicyclic) bond motifs is 1. The van der Waals surface area contributed by atoms with Crippen LogP contribution >= 0.6 is 0 Å². The van der Waals surface area contributed by atoms with Gasteiger partial charge in [0.15, 0.2) is 0 Å². The highest BCUT2D eigenvalue weighted by molar-refractivity contribution is 7.92. The molecule has 2 aromatic rings. The van der Waals surface area contributed by atoms with E-state index in [1.165, 1.54) is 4.31 Å². The lowest BCUT2D eigenvalue weighted by molar-refractivity contribution is -0.149. The normalized spacial score (nSPS) is 19.4. The fourth-order valence-electron chi connectivity index (χ4n) is 3.35. The van der Waals surface area contributed by atoms with Gasteiger partial charge in [0.05, 0.1) is 23.6 Å². The van der Waals surface area contributed by atoms with E-state index >= 15 is 0 Å². The van der Waals surface area contributed by atoms with Crippen molar-refractivity contribution >= 4 is 21.7 Å². The van der Waals surface area contributed by atoms with Gasteiger partial charge >= 0.3 is 5.97 Å². The zero-order valence-corrected chi connectivity index (χ0v) is 16.2. The van der Waals surface area contributed by atoms with Gasteiger partial charge in [0.2, 0.25) is 0 Å². The zero-order chi connectivity index (χ0) is 19.7. The van der Waals surface area contributed by atoms with E-state index in [0.29, 0.717) is 11.3 Å². The quantitative estimate of drug-likeness (QED) is 0.795. The number of carbonyl (C=O) groups is 1. The van der Waals surface area contributed by atoms with Crippen molar-refractivity contribution in [3.8, 4) is 0 Å². The van der Waals surface area contributed by atoms with Crippen LogP contribution in [0.5, 0.6) is 0 Å². The van der Waals surface area contributed by atoms with Crippen LogP contribution in [0.4, 0.5) is 5.69 Å². The van der Waals surface area contributed by atoms with Gasteiger partial charge in [-0.15, -0.1) is 0 Å². The van der Waals surface area contributed by atoms with E-state index in [2.05, 4.69) is 0 Å². The summed E-state index contributed by atoms with van der Waals surface area (Å²) in [4.78, 5) is 12.1. The van der Waals surface area contributed by atoms with E-state index in [1.807, 2.05) is 6.92 Å². The lowest BCUT2D eigenvalue weighted by atomic mass is 9.83. The van der Waals surface area contributed by atoms with Crippen LogP contribution in [-0.2, 0) is 25.2 Å². The number of nitrogens with zero attached hydrogens (tertiary/aromatic N) is 1. The van der Waals surface area contributed by atoms with Crippen LogP contribution in [0, 0.1) is 6.92 Å². The molecular weight excluding hydrogens is 366 g/mol. The van der Waals surface area contributed by atoms with Gasteiger partial charge in [-0.3, -0.25) is 9.10 Å². The lowest BCUT2D eigenvalue weighted by Gasteiger charge is -2.39. The summed E-state index contributed by atoms with van der Waals surface area (Å²) < 4.78 is 32.6. The van der Waals surface area contributed by atoms with Gasteiger partial charge in [-0.1, -0.05) is 35.9 Å². The first-order valence-corrected chi connectivity index (χ1v) is 10.3. The molecule has 0 fully saturated rings. The number of benzene rings is 2. The van der Waals surface area contributed by atoms with Gasteiger partial charge in [-0.05, 0) is 38.5 Å². The lowest BCUT2D eigenvalue weighted by Crippen LogP contribution is -2.44. The molecule has 0 bridgehead atoms. The number of sulfonamides is 1. The van der Waals surface area contributed by atoms with Crippen molar-refractivity contribution in [1.29, 1.82) is 0 Å². The fraction of sp³-hybridized carbons (Fsp3) is 0.350. The highest BCUT2D eigenvalue weighted by Crippen LogP contribution is 2.42. The molecule has 1 N–H and O–H groups in total. The highest BCUT2D eigenvalue weighted by Gasteiger charge is 2.42. The van der Waals surface area contributed by atoms with Crippen molar-refractivity contribution in [2.75, 3.05) is 17.5 Å². The topological polar surface area (TPSA) is 83.9 Å². The number of rotatable bonds is 5. The largest absolute Gasteiger partial charge is 0.466 e. The SMILES string of the molecule is CCOC(=O)C[C@]1(O)CCN(S(=O)(=O)c2ccc(C)cc2)c2ccccc21. The minimum absolute atomic E-state index is 0.0725. The summed E-state index contributed by atoms with van der Waals surface area (Å²) >= 11 is 0. The van der Waals surface area contributed by atoms with Crippen molar-refractivity contribution in [3.63, 3.8) is 0 Å². The Balaban J connectivity index is 2.01. The van der Waals surface area contributed by atoms with Crippen LogP contribution in [0.25, 0.3) is 0 Å². The maximum atomic E-state index is 13.1. The van der Waals surface area contributed by atoms with Crippen LogP contribution in [0.15, 0.2) is 53.4 Å². The second-order valence-corrected chi connectivity index (χ2v) is 8.53. The molecule has 0 unspecified atom stereocenters. The van der Waals surface area contributed by atoms with E-state index in [1.54, 1.807) is 55.5 Å². The monoisotopic (exact) mass is 389 g/mol. The molecule has 0 aromatic heterocycles. The molecule has 0 amide bonds.